The summed E-state index contributed by atoms with van der Waals surface area (Å²) < 4.78 is 11.5. The topological polar surface area (TPSA) is 93.9 Å². The number of anilines is 1. The maximum atomic E-state index is 12.4. The van der Waals surface area contributed by atoms with Gasteiger partial charge < -0.3 is 25.4 Å². The van der Waals surface area contributed by atoms with E-state index in [1.807, 2.05) is 37.2 Å². The zero-order chi connectivity index (χ0) is 24.5. The molecular weight excluding hydrogens is 477 g/mol. The molecule has 34 heavy (non-hydrogen) atoms. The summed E-state index contributed by atoms with van der Waals surface area (Å²) >= 11 is 12.0. The van der Waals surface area contributed by atoms with Crippen LogP contribution in [0.2, 0.25) is 10.0 Å². The van der Waals surface area contributed by atoms with Crippen molar-refractivity contribution in [1.29, 1.82) is 0 Å². The van der Waals surface area contributed by atoms with Crippen LogP contribution in [-0.2, 0) is 20.7 Å². The number of nitrogens with zero attached hydrogens (tertiary/aromatic N) is 1. The minimum absolute atomic E-state index is 0.00113. The lowest BCUT2D eigenvalue weighted by Crippen LogP contribution is -2.79. The van der Waals surface area contributed by atoms with Crippen molar-refractivity contribution >= 4 is 40.7 Å². The van der Waals surface area contributed by atoms with Gasteiger partial charge in [0.1, 0.15) is 12.4 Å². The van der Waals surface area contributed by atoms with Crippen molar-refractivity contribution in [3.8, 4) is 5.75 Å². The van der Waals surface area contributed by atoms with Gasteiger partial charge in [0.25, 0.3) is 5.91 Å². The van der Waals surface area contributed by atoms with Crippen LogP contribution in [0.3, 0.4) is 0 Å². The summed E-state index contributed by atoms with van der Waals surface area (Å²) in [4.78, 5) is 26.6. The van der Waals surface area contributed by atoms with Gasteiger partial charge in [-0.1, -0.05) is 35.3 Å². The summed E-state index contributed by atoms with van der Waals surface area (Å²) in [6.45, 7) is 0.462. The van der Waals surface area contributed by atoms with Crippen molar-refractivity contribution in [1.82, 2.24) is 5.32 Å². The van der Waals surface area contributed by atoms with Gasteiger partial charge >= 0.3 is 0 Å². The first-order valence-electron chi connectivity index (χ1n) is 11.2. The fourth-order valence-corrected chi connectivity index (χ4v) is 5.41. The molecule has 3 aliphatic rings. The molecule has 1 atom stereocenters. The number of hydrogen-bond acceptors (Lipinski definition) is 5. The second-order valence-electron chi connectivity index (χ2n) is 9.56. The number of carbonyl (C=O) groups excluding carboxylic acids is 2. The average Bonchev–Trinajstić information content (AvgIpc) is 2.74. The van der Waals surface area contributed by atoms with Crippen molar-refractivity contribution in [3.05, 3.63) is 58.1 Å². The highest BCUT2D eigenvalue weighted by molar-refractivity contribution is 6.42. The van der Waals surface area contributed by atoms with Gasteiger partial charge in [0.15, 0.2) is 6.10 Å². The molecule has 2 bridgehead atoms. The minimum Gasteiger partial charge on any atom is -0.480 e. The van der Waals surface area contributed by atoms with E-state index in [2.05, 4.69) is 11.4 Å². The lowest BCUT2D eigenvalue weighted by atomic mass is 9.37. The predicted octanol–water partition coefficient (Wildman–Crippen LogP) is 3.59. The van der Waals surface area contributed by atoms with Gasteiger partial charge in [-0.2, -0.15) is 0 Å². The van der Waals surface area contributed by atoms with E-state index in [0.29, 0.717) is 41.7 Å². The zero-order valence-electron chi connectivity index (χ0n) is 19.3. The molecule has 2 aromatic rings. The number of rotatable bonds is 11. The molecular formula is C25H29Cl2N3O4. The molecule has 0 saturated heterocycles. The molecule has 9 heteroatoms. The summed E-state index contributed by atoms with van der Waals surface area (Å²) in [6, 6.07) is 13.1. The maximum Gasteiger partial charge on any atom is 0.259 e. The summed E-state index contributed by atoms with van der Waals surface area (Å²) in [5.41, 5.74) is 7.25. The van der Waals surface area contributed by atoms with E-state index < -0.39 is 12.0 Å². The standard InChI is InChI=1S/C25H29Cl2N3O4/c1-30(2)17-5-3-4-16(10-17)8-9-33-12-21(31)29-25-13-24(14-25,15-25)22(23(28)32)34-18-6-7-19(26)20(27)11-18/h3-7,10-11,22H,8-9,12-15H2,1-2H3,(H2,28,32)(H,29,31). The molecule has 3 fully saturated rings. The Morgan fingerprint density at radius 3 is 2.50 bits per heavy atom. The highest BCUT2D eigenvalue weighted by atomic mass is 35.5. The SMILES string of the molecule is CN(C)c1cccc(CCOCC(=O)NC23CC(C(Oc4ccc(Cl)c(Cl)c4)C(N)=O)(C2)C3)c1. The van der Waals surface area contributed by atoms with Crippen LogP contribution in [0.25, 0.3) is 0 Å². The van der Waals surface area contributed by atoms with E-state index in [1.54, 1.807) is 18.2 Å². The Morgan fingerprint density at radius 1 is 1.12 bits per heavy atom. The predicted molar refractivity (Wildman–Crippen MR) is 133 cm³/mol. The van der Waals surface area contributed by atoms with Crippen LogP contribution in [0.15, 0.2) is 42.5 Å². The summed E-state index contributed by atoms with van der Waals surface area (Å²) in [5, 5.41) is 3.81. The molecule has 2 aromatic carbocycles. The Kier molecular flexibility index (Phi) is 6.99. The van der Waals surface area contributed by atoms with E-state index >= 15 is 0 Å². The average molecular weight is 506 g/mol. The summed E-state index contributed by atoms with van der Waals surface area (Å²) in [6.07, 6.45) is 1.85. The van der Waals surface area contributed by atoms with Crippen LogP contribution in [0.1, 0.15) is 24.8 Å². The monoisotopic (exact) mass is 505 g/mol. The number of benzene rings is 2. The van der Waals surface area contributed by atoms with Gasteiger partial charge in [0.05, 0.1) is 16.7 Å². The molecule has 1 unspecified atom stereocenters. The number of amides is 2. The lowest BCUT2D eigenvalue weighted by molar-refractivity contribution is -0.208. The van der Waals surface area contributed by atoms with Gasteiger partial charge in [-0.05, 0) is 55.5 Å². The Morgan fingerprint density at radius 2 is 1.85 bits per heavy atom. The first-order chi connectivity index (χ1) is 16.1. The van der Waals surface area contributed by atoms with E-state index in [-0.39, 0.29) is 23.5 Å². The quantitative estimate of drug-likeness (QED) is 0.455. The van der Waals surface area contributed by atoms with Crippen LogP contribution in [-0.4, -0.2) is 50.8 Å². The minimum atomic E-state index is -0.794. The fraction of sp³-hybridized carbons (Fsp3) is 0.440. The van der Waals surface area contributed by atoms with Crippen LogP contribution in [0, 0.1) is 5.41 Å². The van der Waals surface area contributed by atoms with Gasteiger partial charge in [0, 0.05) is 36.8 Å². The number of carbonyl (C=O) groups is 2. The number of nitrogens with one attached hydrogen (secondary N) is 1. The molecule has 0 aromatic heterocycles. The van der Waals surface area contributed by atoms with E-state index in [4.69, 9.17) is 38.4 Å². The van der Waals surface area contributed by atoms with Gasteiger partial charge in [0.2, 0.25) is 5.91 Å². The largest absolute Gasteiger partial charge is 0.480 e. The molecule has 0 heterocycles. The van der Waals surface area contributed by atoms with Crippen LogP contribution < -0.4 is 20.7 Å². The number of ether oxygens (including phenoxy) is 2. The second-order valence-corrected chi connectivity index (χ2v) is 10.4. The third kappa shape index (κ3) is 5.11. The lowest BCUT2D eigenvalue weighted by Gasteiger charge is -2.71. The van der Waals surface area contributed by atoms with Crippen molar-refractivity contribution in [3.63, 3.8) is 0 Å². The molecule has 7 nitrogen and oxygen atoms in total. The van der Waals surface area contributed by atoms with E-state index in [0.717, 1.165) is 17.7 Å². The number of nitrogens with two attached hydrogens (primary N) is 1. The summed E-state index contributed by atoms with van der Waals surface area (Å²) in [7, 11) is 4.00. The Labute approximate surface area is 209 Å². The molecule has 5 rings (SSSR count). The molecule has 182 valence electrons. The first kappa shape index (κ1) is 24.6. The molecule has 3 saturated carbocycles. The molecule has 2 amide bonds. The van der Waals surface area contributed by atoms with E-state index in [1.165, 1.54) is 0 Å². The Bertz CT molecular complexity index is 1070. The zero-order valence-corrected chi connectivity index (χ0v) is 20.8. The highest BCUT2D eigenvalue weighted by Gasteiger charge is 2.73. The van der Waals surface area contributed by atoms with Crippen molar-refractivity contribution < 1.29 is 19.1 Å². The highest BCUT2D eigenvalue weighted by Crippen LogP contribution is 2.69. The summed E-state index contributed by atoms with van der Waals surface area (Å²) in [5.74, 6) is -0.255. The molecule has 0 aliphatic heterocycles. The third-order valence-electron chi connectivity index (χ3n) is 6.63. The number of primary amides is 1. The Balaban J connectivity index is 1.22. The molecule has 0 spiro atoms. The molecule has 0 radical (unpaired) electrons. The second kappa shape index (κ2) is 9.64. The van der Waals surface area contributed by atoms with Crippen molar-refractivity contribution in [2.45, 2.75) is 37.3 Å². The first-order valence-corrected chi connectivity index (χ1v) is 11.9. The number of hydrogen-bond donors (Lipinski definition) is 2. The van der Waals surface area contributed by atoms with Crippen molar-refractivity contribution in [2.75, 3.05) is 32.2 Å². The smallest absolute Gasteiger partial charge is 0.259 e. The maximum absolute atomic E-state index is 12.4. The Hall–Kier alpha value is -2.48. The van der Waals surface area contributed by atoms with Crippen LogP contribution >= 0.6 is 23.2 Å². The van der Waals surface area contributed by atoms with Gasteiger partial charge in [-0.3, -0.25) is 9.59 Å². The number of halogens is 2. The van der Waals surface area contributed by atoms with Crippen LogP contribution in [0.5, 0.6) is 5.75 Å². The third-order valence-corrected chi connectivity index (χ3v) is 7.37. The fourth-order valence-electron chi connectivity index (χ4n) is 5.13. The molecule has 3 aliphatic carbocycles. The molecule has 3 N–H and O–H groups in total. The van der Waals surface area contributed by atoms with E-state index in [9.17, 15) is 9.59 Å². The van der Waals surface area contributed by atoms with Crippen molar-refractivity contribution in [2.24, 2.45) is 11.1 Å². The normalized spacial score (nSPS) is 23.3. The van der Waals surface area contributed by atoms with Gasteiger partial charge in [-0.15, -0.1) is 0 Å². The van der Waals surface area contributed by atoms with Gasteiger partial charge in [-0.25, -0.2) is 0 Å². The van der Waals surface area contributed by atoms with Crippen LogP contribution in [0.4, 0.5) is 5.69 Å².